The van der Waals surface area contributed by atoms with Gasteiger partial charge in [-0.05, 0) is 31.7 Å². The molecule has 5 heteroatoms. The number of anilines is 1. The highest BCUT2D eigenvalue weighted by atomic mass is 35.5. The first-order valence-electron chi connectivity index (χ1n) is 5.56. The van der Waals surface area contributed by atoms with Crippen LogP contribution in [0.1, 0.15) is 18.5 Å². The number of rotatable bonds is 2. The van der Waals surface area contributed by atoms with Crippen LogP contribution in [-0.2, 0) is 0 Å². The average Bonchev–Trinajstić information content (AvgIpc) is 2.28. The van der Waals surface area contributed by atoms with Crippen molar-refractivity contribution in [2.24, 2.45) is 5.92 Å². The highest BCUT2D eigenvalue weighted by Crippen LogP contribution is 2.21. The van der Waals surface area contributed by atoms with Crippen molar-refractivity contribution in [1.29, 1.82) is 0 Å². The number of hydrogen-bond acceptors (Lipinski definition) is 4. The first-order chi connectivity index (χ1) is 7.69. The number of halogens is 1. The second-order valence-electron chi connectivity index (χ2n) is 4.25. The van der Waals surface area contributed by atoms with E-state index < -0.39 is 0 Å². The van der Waals surface area contributed by atoms with Crippen LogP contribution in [-0.4, -0.2) is 34.8 Å². The summed E-state index contributed by atoms with van der Waals surface area (Å²) in [6.45, 7) is 3.98. The molecule has 0 saturated carbocycles. The van der Waals surface area contributed by atoms with E-state index in [1.54, 1.807) is 6.07 Å². The van der Waals surface area contributed by atoms with Crippen molar-refractivity contribution in [1.82, 2.24) is 9.97 Å². The third-order valence-corrected chi connectivity index (χ3v) is 3.16. The number of nitrogens with zero attached hydrogens (tertiary/aromatic N) is 3. The fourth-order valence-electron chi connectivity index (χ4n) is 1.97. The highest BCUT2D eigenvalue weighted by molar-refractivity contribution is 6.29. The highest BCUT2D eigenvalue weighted by Gasteiger charge is 2.20. The molecule has 1 fully saturated rings. The van der Waals surface area contributed by atoms with Gasteiger partial charge >= 0.3 is 0 Å². The minimum absolute atomic E-state index is 0.281. The summed E-state index contributed by atoms with van der Waals surface area (Å²) in [5, 5.41) is 9.56. The molecule has 0 aliphatic carbocycles. The molecule has 0 atom stereocenters. The van der Waals surface area contributed by atoms with E-state index in [4.69, 9.17) is 16.7 Å². The summed E-state index contributed by atoms with van der Waals surface area (Å²) in [7, 11) is 0. The molecule has 1 aliphatic heterocycles. The summed E-state index contributed by atoms with van der Waals surface area (Å²) in [6.07, 6.45) is 1.98. The fraction of sp³-hybridized carbons (Fsp3) is 0.636. The topological polar surface area (TPSA) is 49.2 Å². The largest absolute Gasteiger partial charge is 0.396 e. The maximum absolute atomic E-state index is 9.07. The van der Waals surface area contributed by atoms with Gasteiger partial charge in [-0.3, -0.25) is 0 Å². The third kappa shape index (κ3) is 2.62. The Morgan fingerprint density at radius 2 is 2.12 bits per heavy atom. The first-order valence-corrected chi connectivity index (χ1v) is 5.94. The van der Waals surface area contributed by atoms with E-state index in [0.29, 0.717) is 17.0 Å². The lowest BCUT2D eigenvalue weighted by Crippen LogP contribution is -2.35. The standard InChI is InChI=1S/C11H16ClN3O/c1-8-6-10(12)14-11(13-8)15-4-2-9(7-16)3-5-15/h6,9,16H,2-5,7H2,1H3. The van der Waals surface area contributed by atoms with E-state index in [1.807, 2.05) is 6.92 Å². The number of aromatic nitrogens is 2. The van der Waals surface area contributed by atoms with Crippen LogP contribution >= 0.6 is 11.6 Å². The number of aryl methyl sites for hydroxylation is 1. The number of piperidine rings is 1. The summed E-state index contributed by atoms with van der Waals surface area (Å²) in [5.74, 6) is 1.14. The zero-order valence-corrected chi connectivity index (χ0v) is 10.1. The van der Waals surface area contributed by atoms with Gasteiger partial charge in [0.05, 0.1) is 0 Å². The minimum Gasteiger partial charge on any atom is -0.396 e. The molecular weight excluding hydrogens is 226 g/mol. The molecular formula is C11H16ClN3O. The van der Waals surface area contributed by atoms with E-state index in [0.717, 1.165) is 31.6 Å². The molecule has 0 radical (unpaired) electrons. The van der Waals surface area contributed by atoms with Crippen LogP contribution in [0.15, 0.2) is 6.07 Å². The molecule has 0 aromatic carbocycles. The van der Waals surface area contributed by atoms with Crippen LogP contribution in [0.25, 0.3) is 0 Å². The summed E-state index contributed by atoms with van der Waals surface area (Å²) in [4.78, 5) is 10.7. The Hall–Kier alpha value is -0.870. The summed E-state index contributed by atoms with van der Waals surface area (Å²) >= 11 is 5.91. The molecule has 1 saturated heterocycles. The van der Waals surface area contributed by atoms with Gasteiger partial charge in [-0.2, -0.15) is 0 Å². The monoisotopic (exact) mass is 241 g/mol. The maximum Gasteiger partial charge on any atom is 0.226 e. The van der Waals surface area contributed by atoms with Crippen LogP contribution in [0, 0.1) is 12.8 Å². The zero-order valence-electron chi connectivity index (χ0n) is 9.36. The van der Waals surface area contributed by atoms with Gasteiger partial charge in [-0.15, -0.1) is 0 Å². The number of hydrogen-bond donors (Lipinski definition) is 1. The number of aliphatic hydroxyl groups excluding tert-OH is 1. The van der Waals surface area contributed by atoms with Crippen molar-refractivity contribution in [2.45, 2.75) is 19.8 Å². The normalized spacial score (nSPS) is 17.8. The molecule has 0 amide bonds. The number of aliphatic hydroxyl groups is 1. The molecule has 0 bridgehead atoms. The molecule has 88 valence electrons. The molecule has 0 unspecified atom stereocenters. The quantitative estimate of drug-likeness (QED) is 0.800. The Kier molecular flexibility index (Phi) is 3.61. The van der Waals surface area contributed by atoms with E-state index >= 15 is 0 Å². The van der Waals surface area contributed by atoms with Crippen molar-refractivity contribution in [3.05, 3.63) is 16.9 Å². The Morgan fingerprint density at radius 1 is 1.44 bits per heavy atom. The summed E-state index contributed by atoms with van der Waals surface area (Å²) < 4.78 is 0. The van der Waals surface area contributed by atoms with Gasteiger partial charge in [0.2, 0.25) is 5.95 Å². The lowest BCUT2D eigenvalue weighted by molar-refractivity contribution is 0.202. The van der Waals surface area contributed by atoms with Gasteiger partial charge in [-0.25, -0.2) is 9.97 Å². The van der Waals surface area contributed by atoms with Gasteiger partial charge < -0.3 is 10.0 Å². The maximum atomic E-state index is 9.07. The zero-order chi connectivity index (χ0) is 11.5. The molecule has 1 aliphatic rings. The summed E-state index contributed by atoms with van der Waals surface area (Å²) in [5.41, 5.74) is 0.888. The lowest BCUT2D eigenvalue weighted by atomic mass is 9.98. The Morgan fingerprint density at radius 3 is 2.69 bits per heavy atom. The van der Waals surface area contributed by atoms with E-state index in [2.05, 4.69) is 14.9 Å². The second kappa shape index (κ2) is 4.97. The van der Waals surface area contributed by atoms with Gasteiger partial charge in [0.1, 0.15) is 5.15 Å². The van der Waals surface area contributed by atoms with Gasteiger partial charge in [0, 0.05) is 25.4 Å². The van der Waals surface area contributed by atoms with Crippen molar-refractivity contribution in [3.8, 4) is 0 Å². The second-order valence-corrected chi connectivity index (χ2v) is 4.63. The molecule has 2 heterocycles. The van der Waals surface area contributed by atoms with E-state index in [9.17, 15) is 0 Å². The molecule has 1 aromatic rings. The molecule has 16 heavy (non-hydrogen) atoms. The molecule has 1 aromatic heterocycles. The molecule has 4 nitrogen and oxygen atoms in total. The van der Waals surface area contributed by atoms with Crippen LogP contribution in [0.2, 0.25) is 5.15 Å². The van der Waals surface area contributed by atoms with Crippen molar-refractivity contribution < 1.29 is 5.11 Å². The van der Waals surface area contributed by atoms with Crippen molar-refractivity contribution >= 4 is 17.5 Å². The van der Waals surface area contributed by atoms with Crippen LogP contribution in [0.5, 0.6) is 0 Å². The third-order valence-electron chi connectivity index (χ3n) is 2.97. The van der Waals surface area contributed by atoms with Crippen molar-refractivity contribution in [3.63, 3.8) is 0 Å². The average molecular weight is 242 g/mol. The van der Waals surface area contributed by atoms with Gasteiger partial charge in [-0.1, -0.05) is 11.6 Å². The Balaban J connectivity index is 2.08. The molecule has 0 spiro atoms. The Labute approximate surface area is 100 Å². The van der Waals surface area contributed by atoms with E-state index in [1.165, 1.54) is 0 Å². The lowest BCUT2D eigenvalue weighted by Gasteiger charge is -2.31. The van der Waals surface area contributed by atoms with Gasteiger partial charge in [0.15, 0.2) is 0 Å². The van der Waals surface area contributed by atoms with Crippen LogP contribution in [0.4, 0.5) is 5.95 Å². The SMILES string of the molecule is Cc1cc(Cl)nc(N2CCC(CO)CC2)n1. The first kappa shape index (κ1) is 11.6. The predicted octanol–water partition coefficient (Wildman–Crippen LogP) is 1.65. The Bertz CT molecular complexity index is 344. The fourth-order valence-corrected chi connectivity index (χ4v) is 2.21. The minimum atomic E-state index is 0.281. The molecule has 2 rings (SSSR count). The predicted molar refractivity (Wildman–Crippen MR) is 63.8 cm³/mol. The summed E-state index contributed by atoms with van der Waals surface area (Å²) in [6, 6.07) is 1.76. The van der Waals surface area contributed by atoms with Crippen LogP contribution < -0.4 is 4.90 Å². The van der Waals surface area contributed by atoms with Gasteiger partial charge in [0.25, 0.3) is 0 Å². The van der Waals surface area contributed by atoms with Crippen molar-refractivity contribution in [2.75, 3.05) is 24.6 Å². The van der Waals surface area contributed by atoms with Crippen LogP contribution in [0.3, 0.4) is 0 Å². The molecule has 1 N–H and O–H groups in total. The smallest absolute Gasteiger partial charge is 0.226 e. The van der Waals surface area contributed by atoms with E-state index in [-0.39, 0.29) is 6.61 Å².